The average Bonchev–Trinajstić information content (AvgIpc) is 3.43. The number of aryl methyl sites for hydroxylation is 1. The number of rotatable bonds is 6. The van der Waals surface area contributed by atoms with Crippen LogP contribution >= 0.6 is 0 Å². The van der Waals surface area contributed by atoms with Crippen LogP contribution in [0.4, 0.5) is 10.6 Å². The molecule has 2 aromatic rings. The minimum Gasteiger partial charge on any atom is -0.493 e. The number of ether oxygens (including phenoxy) is 2. The zero-order valence-corrected chi connectivity index (χ0v) is 16.1. The number of imide groups is 1. The van der Waals surface area contributed by atoms with Crippen LogP contribution in [-0.4, -0.2) is 34.1 Å². The van der Waals surface area contributed by atoms with E-state index >= 15 is 0 Å². The summed E-state index contributed by atoms with van der Waals surface area (Å²) in [5.41, 5.74) is 0.0475. The molecular formula is C20H22N4O4. The predicted molar refractivity (Wildman–Crippen MR) is 102 cm³/mol. The number of benzene rings is 1. The van der Waals surface area contributed by atoms with E-state index in [1.54, 1.807) is 13.8 Å². The second kappa shape index (κ2) is 6.78. The second-order valence-electron chi connectivity index (χ2n) is 7.69. The van der Waals surface area contributed by atoms with Crippen molar-refractivity contribution in [3.8, 4) is 17.4 Å². The van der Waals surface area contributed by atoms with Gasteiger partial charge in [0.25, 0.3) is 5.91 Å². The molecule has 2 aliphatic rings. The fourth-order valence-electron chi connectivity index (χ4n) is 2.88. The molecule has 1 saturated carbocycles. The highest BCUT2D eigenvalue weighted by atomic mass is 16.5. The zero-order chi connectivity index (χ0) is 19.9. The molecule has 8 heteroatoms. The van der Waals surface area contributed by atoms with Crippen LogP contribution in [0.1, 0.15) is 32.3 Å². The molecule has 1 N–H and O–H groups in total. The van der Waals surface area contributed by atoms with Crippen LogP contribution in [0.2, 0.25) is 0 Å². The maximum atomic E-state index is 12.4. The number of carbonyl (C=O) groups is 2. The smallest absolute Gasteiger partial charge is 0.330 e. The Hall–Kier alpha value is -3.16. The Morgan fingerprint density at radius 1 is 1.21 bits per heavy atom. The lowest BCUT2D eigenvalue weighted by Gasteiger charge is -2.15. The molecule has 0 unspecified atom stereocenters. The molecule has 2 heterocycles. The Morgan fingerprint density at radius 2 is 2.00 bits per heavy atom. The molecule has 1 aromatic carbocycles. The van der Waals surface area contributed by atoms with Crippen molar-refractivity contribution in [3.05, 3.63) is 36.2 Å². The van der Waals surface area contributed by atoms with E-state index in [0.29, 0.717) is 18.3 Å². The van der Waals surface area contributed by atoms with Gasteiger partial charge in [0, 0.05) is 12.1 Å². The van der Waals surface area contributed by atoms with Gasteiger partial charge in [-0.05, 0) is 51.2 Å². The third-order valence-corrected chi connectivity index (χ3v) is 4.77. The SMILES string of the molecule is Cc1ccc(Oc2cc(N3C(=O)NC(C)(C)C3=O)ncn2)cc1OCC1CC1. The van der Waals surface area contributed by atoms with Gasteiger partial charge < -0.3 is 14.8 Å². The van der Waals surface area contributed by atoms with Crippen LogP contribution < -0.4 is 19.7 Å². The van der Waals surface area contributed by atoms with Crippen molar-refractivity contribution in [2.24, 2.45) is 5.92 Å². The lowest BCUT2D eigenvalue weighted by atomic mass is 10.1. The molecule has 1 aromatic heterocycles. The minimum absolute atomic E-state index is 0.162. The highest BCUT2D eigenvalue weighted by Gasteiger charge is 2.45. The van der Waals surface area contributed by atoms with Crippen LogP contribution in [0.15, 0.2) is 30.6 Å². The van der Waals surface area contributed by atoms with Gasteiger partial charge in [-0.25, -0.2) is 19.7 Å². The largest absolute Gasteiger partial charge is 0.493 e. The monoisotopic (exact) mass is 382 g/mol. The Balaban J connectivity index is 1.53. The molecule has 0 bridgehead atoms. The highest BCUT2D eigenvalue weighted by molar-refractivity contribution is 6.22. The molecule has 8 nitrogen and oxygen atoms in total. The Kier molecular flexibility index (Phi) is 4.41. The molecule has 1 aliphatic carbocycles. The third-order valence-electron chi connectivity index (χ3n) is 4.77. The summed E-state index contributed by atoms with van der Waals surface area (Å²) in [6.45, 7) is 5.97. The maximum Gasteiger partial charge on any atom is 0.330 e. The average molecular weight is 382 g/mol. The normalized spacial score (nSPS) is 18.2. The van der Waals surface area contributed by atoms with Gasteiger partial charge in [0.05, 0.1) is 6.61 Å². The van der Waals surface area contributed by atoms with E-state index in [2.05, 4.69) is 15.3 Å². The van der Waals surface area contributed by atoms with E-state index in [4.69, 9.17) is 9.47 Å². The Morgan fingerprint density at radius 3 is 2.68 bits per heavy atom. The van der Waals surface area contributed by atoms with Gasteiger partial charge in [0.1, 0.15) is 23.4 Å². The summed E-state index contributed by atoms with van der Waals surface area (Å²) in [5.74, 6) is 1.99. The van der Waals surface area contributed by atoms with Crippen molar-refractivity contribution in [1.82, 2.24) is 15.3 Å². The van der Waals surface area contributed by atoms with E-state index in [9.17, 15) is 9.59 Å². The van der Waals surface area contributed by atoms with E-state index < -0.39 is 11.6 Å². The lowest BCUT2D eigenvalue weighted by Crippen LogP contribution is -2.40. The molecule has 1 aliphatic heterocycles. The van der Waals surface area contributed by atoms with Gasteiger partial charge in [-0.15, -0.1) is 0 Å². The van der Waals surface area contributed by atoms with E-state index in [0.717, 1.165) is 16.2 Å². The number of amides is 3. The van der Waals surface area contributed by atoms with Crippen LogP contribution in [0.5, 0.6) is 17.4 Å². The standard InChI is InChI=1S/C20H22N4O4/c1-12-4-7-14(8-15(12)27-10-13-5-6-13)28-17-9-16(21-11-22-17)24-18(25)20(2,3)23-19(24)26/h4,7-9,11,13H,5-6,10H2,1-3H3,(H,23,26). The lowest BCUT2D eigenvalue weighted by molar-refractivity contribution is -0.121. The molecule has 3 amide bonds. The number of urea groups is 1. The maximum absolute atomic E-state index is 12.4. The van der Waals surface area contributed by atoms with Crippen molar-refractivity contribution >= 4 is 17.8 Å². The number of anilines is 1. The minimum atomic E-state index is -0.978. The van der Waals surface area contributed by atoms with Gasteiger partial charge >= 0.3 is 6.03 Å². The molecule has 0 atom stereocenters. The molecule has 0 radical (unpaired) electrons. The topological polar surface area (TPSA) is 93.7 Å². The first-order chi connectivity index (χ1) is 13.3. The van der Waals surface area contributed by atoms with Gasteiger partial charge in [0.15, 0.2) is 5.82 Å². The van der Waals surface area contributed by atoms with Crippen molar-refractivity contribution in [2.45, 2.75) is 39.2 Å². The van der Waals surface area contributed by atoms with Gasteiger partial charge in [-0.3, -0.25) is 4.79 Å². The fraction of sp³-hybridized carbons (Fsp3) is 0.400. The predicted octanol–water partition coefficient (Wildman–Crippen LogP) is 3.20. The van der Waals surface area contributed by atoms with Gasteiger partial charge in [0.2, 0.25) is 5.88 Å². The zero-order valence-electron chi connectivity index (χ0n) is 16.1. The van der Waals surface area contributed by atoms with Crippen molar-refractivity contribution in [2.75, 3.05) is 11.5 Å². The number of nitrogens with zero attached hydrogens (tertiary/aromatic N) is 3. The van der Waals surface area contributed by atoms with Crippen molar-refractivity contribution in [1.29, 1.82) is 0 Å². The number of aromatic nitrogens is 2. The first-order valence-corrected chi connectivity index (χ1v) is 9.23. The molecule has 4 rings (SSSR count). The van der Waals surface area contributed by atoms with Crippen LogP contribution in [0, 0.1) is 12.8 Å². The number of hydrogen-bond acceptors (Lipinski definition) is 6. The first kappa shape index (κ1) is 18.2. The summed E-state index contributed by atoms with van der Waals surface area (Å²) in [6, 6.07) is 6.49. The third kappa shape index (κ3) is 3.62. The Labute approximate surface area is 162 Å². The number of hydrogen-bond donors (Lipinski definition) is 1. The quantitative estimate of drug-likeness (QED) is 0.771. The summed E-state index contributed by atoms with van der Waals surface area (Å²) in [5, 5.41) is 2.62. The van der Waals surface area contributed by atoms with Crippen LogP contribution in [-0.2, 0) is 4.79 Å². The molecule has 146 valence electrons. The summed E-state index contributed by atoms with van der Waals surface area (Å²) >= 11 is 0. The molecular weight excluding hydrogens is 360 g/mol. The second-order valence-corrected chi connectivity index (χ2v) is 7.69. The molecule has 2 fully saturated rings. The van der Waals surface area contributed by atoms with Crippen LogP contribution in [0.3, 0.4) is 0 Å². The summed E-state index contributed by atoms with van der Waals surface area (Å²) < 4.78 is 11.7. The summed E-state index contributed by atoms with van der Waals surface area (Å²) in [6.07, 6.45) is 3.70. The van der Waals surface area contributed by atoms with Gasteiger partial charge in [-0.1, -0.05) is 6.07 Å². The summed E-state index contributed by atoms with van der Waals surface area (Å²) in [7, 11) is 0. The van der Waals surface area contributed by atoms with E-state index in [1.165, 1.54) is 25.2 Å². The first-order valence-electron chi connectivity index (χ1n) is 9.23. The molecule has 1 saturated heterocycles. The molecule has 0 spiro atoms. The Bertz CT molecular complexity index is 940. The number of carbonyl (C=O) groups excluding carboxylic acids is 2. The summed E-state index contributed by atoms with van der Waals surface area (Å²) in [4.78, 5) is 33.7. The van der Waals surface area contributed by atoms with E-state index in [1.807, 2.05) is 25.1 Å². The fourth-order valence-corrected chi connectivity index (χ4v) is 2.88. The van der Waals surface area contributed by atoms with Gasteiger partial charge in [-0.2, -0.15) is 0 Å². The number of nitrogens with one attached hydrogen (secondary N) is 1. The van der Waals surface area contributed by atoms with Crippen molar-refractivity contribution in [3.63, 3.8) is 0 Å². The highest BCUT2D eigenvalue weighted by Crippen LogP contribution is 2.33. The van der Waals surface area contributed by atoms with Crippen molar-refractivity contribution < 1.29 is 19.1 Å². The van der Waals surface area contributed by atoms with E-state index in [-0.39, 0.29) is 17.6 Å². The van der Waals surface area contributed by atoms with Crippen LogP contribution in [0.25, 0.3) is 0 Å². The molecule has 28 heavy (non-hydrogen) atoms.